The monoisotopic (exact) mass is 519 g/mol. The molecule has 0 saturated heterocycles. The van der Waals surface area contributed by atoms with E-state index in [-0.39, 0.29) is 10.7 Å². The summed E-state index contributed by atoms with van der Waals surface area (Å²) < 4.78 is 59.9. The van der Waals surface area contributed by atoms with Crippen LogP contribution in [-0.4, -0.2) is 29.2 Å². The SMILES string of the molecule is Cc1cn(-c2ccc(-c3cccc(S(C)(=O)=O)c3)cc2-c2nc(C)oc2-c2ccc(F)c(F)c2)c(C)n1. The molecular weight excluding hydrogens is 496 g/mol. The molecule has 0 aliphatic heterocycles. The molecule has 0 fully saturated rings. The summed E-state index contributed by atoms with van der Waals surface area (Å²) in [6.07, 6.45) is 3.05. The Morgan fingerprint density at radius 1 is 0.838 bits per heavy atom. The Labute approximate surface area is 213 Å². The smallest absolute Gasteiger partial charge is 0.192 e. The second-order valence-corrected chi connectivity index (χ2v) is 10.9. The zero-order chi connectivity index (χ0) is 26.5. The van der Waals surface area contributed by atoms with Crippen molar-refractivity contribution in [1.82, 2.24) is 14.5 Å². The molecular formula is C28H23F2N3O3S. The maximum absolute atomic E-state index is 14.1. The Kier molecular flexibility index (Phi) is 6.03. The Morgan fingerprint density at radius 2 is 1.57 bits per heavy atom. The number of hydrogen-bond acceptors (Lipinski definition) is 5. The van der Waals surface area contributed by atoms with Crippen molar-refractivity contribution in [3.05, 3.63) is 95.9 Å². The molecule has 6 nitrogen and oxygen atoms in total. The van der Waals surface area contributed by atoms with Gasteiger partial charge in [-0.2, -0.15) is 0 Å². The molecule has 0 atom stereocenters. The number of halogens is 2. The van der Waals surface area contributed by atoms with Gasteiger partial charge in [0.2, 0.25) is 0 Å². The van der Waals surface area contributed by atoms with Gasteiger partial charge in [0, 0.05) is 30.5 Å². The van der Waals surface area contributed by atoms with Gasteiger partial charge in [-0.25, -0.2) is 27.2 Å². The average Bonchev–Trinajstić information content (AvgIpc) is 3.41. The van der Waals surface area contributed by atoms with E-state index in [0.717, 1.165) is 41.2 Å². The molecule has 37 heavy (non-hydrogen) atoms. The lowest BCUT2D eigenvalue weighted by atomic mass is 9.98. The lowest BCUT2D eigenvalue weighted by Crippen LogP contribution is -2.00. The van der Waals surface area contributed by atoms with Crippen molar-refractivity contribution in [2.24, 2.45) is 0 Å². The van der Waals surface area contributed by atoms with Gasteiger partial charge in [0.25, 0.3) is 0 Å². The highest BCUT2D eigenvalue weighted by atomic mass is 32.2. The first-order valence-corrected chi connectivity index (χ1v) is 13.3. The highest BCUT2D eigenvalue weighted by Crippen LogP contribution is 2.39. The summed E-state index contributed by atoms with van der Waals surface area (Å²) in [5.74, 6) is -0.567. The van der Waals surface area contributed by atoms with Crippen LogP contribution in [0.25, 0.3) is 39.4 Å². The average molecular weight is 520 g/mol. The standard InChI is InChI=1S/C28H23F2N3O3S/c1-16-15-33(17(2)31-16)26-11-9-20(19-6-5-7-22(12-19)37(4,34)35)13-23(26)27-28(36-18(3)32-27)21-8-10-24(29)25(30)14-21/h5-15H,1-4H3. The predicted molar refractivity (Wildman–Crippen MR) is 137 cm³/mol. The number of nitrogens with zero attached hydrogens (tertiary/aromatic N) is 3. The van der Waals surface area contributed by atoms with Gasteiger partial charge in [0.1, 0.15) is 11.5 Å². The van der Waals surface area contributed by atoms with Gasteiger partial charge in [-0.15, -0.1) is 0 Å². The van der Waals surface area contributed by atoms with Crippen molar-refractivity contribution in [3.63, 3.8) is 0 Å². The lowest BCUT2D eigenvalue weighted by Gasteiger charge is -2.14. The van der Waals surface area contributed by atoms with Crippen LogP contribution in [0.5, 0.6) is 0 Å². The van der Waals surface area contributed by atoms with Gasteiger partial charge in [0.05, 0.1) is 16.3 Å². The van der Waals surface area contributed by atoms with Crippen LogP contribution in [0.15, 0.2) is 76.2 Å². The summed E-state index contributed by atoms with van der Waals surface area (Å²) in [4.78, 5) is 9.33. The molecule has 5 aromatic rings. The van der Waals surface area contributed by atoms with Crippen molar-refractivity contribution in [1.29, 1.82) is 0 Å². The minimum absolute atomic E-state index is 0.205. The third kappa shape index (κ3) is 4.70. The first kappa shape index (κ1) is 24.6. The van der Waals surface area contributed by atoms with Crippen LogP contribution in [0.2, 0.25) is 0 Å². The minimum atomic E-state index is -3.40. The molecule has 0 N–H and O–H groups in total. The van der Waals surface area contributed by atoms with Crippen LogP contribution in [0.3, 0.4) is 0 Å². The van der Waals surface area contributed by atoms with E-state index in [1.54, 1.807) is 25.1 Å². The number of imidazole rings is 1. The minimum Gasteiger partial charge on any atom is -0.440 e. The van der Waals surface area contributed by atoms with Crippen molar-refractivity contribution < 1.29 is 21.6 Å². The fraction of sp³-hybridized carbons (Fsp3) is 0.143. The third-order valence-electron chi connectivity index (χ3n) is 6.03. The van der Waals surface area contributed by atoms with E-state index in [9.17, 15) is 17.2 Å². The first-order valence-electron chi connectivity index (χ1n) is 11.4. The van der Waals surface area contributed by atoms with Crippen molar-refractivity contribution >= 4 is 9.84 Å². The summed E-state index contributed by atoms with van der Waals surface area (Å²) >= 11 is 0. The maximum Gasteiger partial charge on any atom is 0.192 e. The van der Waals surface area contributed by atoms with E-state index in [1.165, 1.54) is 6.07 Å². The summed E-state index contributed by atoms with van der Waals surface area (Å²) in [6.45, 7) is 5.45. The maximum atomic E-state index is 14.1. The van der Waals surface area contributed by atoms with Gasteiger partial charge in [-0.3, -0.25) is 0 Å². The van der Waals surface area contributed by atoms with Crippen LogP contribution in [0.4, 0.5) is 8.78 Å². The first-order chi connectivity index (χ1) is 17.5. The Balaban J connectivity index is 1.77. The second kappa shape index (κ2) is 9.08. The van der Waals surface area contributed by atoms with Crippen LogP contribution >= 0.6 is 0 Å². The predicted octanol–water partition coefficient (Wildman–Crippen LogP) is 6.47. The van der Waals surface area contributed by atoms with Gasteiger partial charge < -0.3 is 8.98 Å². The van der Waals surface area contributed by atoms with E-state index < -0.39 is 21.5 Å². The van der Waals surface area contributed by atoms with E-state index in [2.05, 4.69) is 9.97 Å². The number of benzene rings is 3. The molecule has 188 valence electrons. The molecule has 9 heteroatoms. The second-order valence-electron chi connectivity index (χ2n) is 8.87. The molecule has 0 unspecified atom stereocenters. The molecule has 0 radical (unpaired) electrons. The topological polar surface area (TPSA) is 78.0 Å². The summed E-state index contributed by atoms with van der Waals surface area (Å²) in [7, 11) is -3.40. The number of aromatic nitrogens is 3. The fourth-order valence-electron chi connectivity index (χ4n) is 4.33. The van der Waals surface area contributed by atoms with Gasteiger partial charge in [0.15, 0.2) is 33.1 Å². The molecule has 0 saturated carbocycles. The largest absolute Gasteiger partial charge is 0.440 e. The van der Waals surface area contributed by atoms with Crippen LogP contribution < -0.4 is 0 Å². The van der Waals surface area contributed by atoms with Crippen molar-refractivity contribution in [3.8, 4) is 39.4 Å². The Hall–Kier alpha value is -4.11. The number of rotatable bonds is 5. The quantitative estimate of drug-likeness (QED) is 0.266. The third-order valence-corrected chi connectivity index (χ3v) is 7.14. The molecule has 2 aromatic heterocycles. The van der Waals surface area contributed by atoms with E-state index >= 15 is 0 Å². The van der Waals surface area contributed by atoms with Crippen molar-refractivity contribution in [2.45, 2.75) is 25.7 Å². The normalized spacial score (nSPS) is 11.7. The Bertz CT molecular complexity index is 1770. The van der Waals surface area contributed by atoms with Crippen LogP contribution in [0, 0.1) is 32.4 Å². The van der Waals surface area contributed by atoms with Crippen molar-refractivity contribution in [2.75, 3.05) is 6.26 Å². The van der Waals surface area contributed by atoms with E-state index in [4.69, 9.17) is 4.42 Å². The molecule has 3 aromatic carbocycles. The number of sulfone groups is 1. The van der Waals surface area contributed by atoms with Crippen LogP contribution in [-0.2, 0) is 9.84 Å². The summed E-state index contributed by atoms with van der Waals surface area (Å²) in [5.41, 5.74) is 4.44. The molecule has 0 spiro atoms. The highest BCUT2D eigenvalue weighted by Gasteiger charge is 2.22. The van der Waals surface area contributed by atoms with Gasteiger partial charge in [-0.05, 0) is 67.4 Å². The molecule has 0 amide bonds. The summed E-state index contributed by atoms with van der Waals surface area (Å²) in [5, 5.41) is 0. The molecule has 0 aliphatic rings. The van der Waals surface area contributed by atoms with E-state index in [1.807, 2.05) is 48.9 Å². The fourth-order valence-corrected chi connectivity index (χ4v) is 4.99. The highest BCUT2D eigenvalue weighted by molar-refractivity contribution is 7.90. The molecule has 0 aliphatic carbocycles. The molecule has 5 rings (SSSR count). The molecule has 0 bridgehead atoms. The Morgan fingerprint density at radius 3 is 2.24 bits per heavy atom. The summed E-state index contributed by atoms with van der Waals surface area (Å²) in [6, 6.07) is 15.9. The number of aryl methyl sites for hydroxylation is 3. The lowest BCUT2D eigenvalue weighted by molar-refractivity contribution is 0.506. The number of oxazole rings is 1. The number of hydrogen-bond donors (Lipinski definition) is 0. The van der Waals surface area contributed by atoms with E-state index in [0.29, 0.717) is 28.3 Å². The zero-order valence-electron chi connectivity index (χ0n) is 20.6. The van der Waals surface area contributed by atoms with Gasteiger partial charge >= 0.3 is 0 Å². The zero-order valence-corrected chi connectivity index (χ0v) is 21.4. The van der Waals surface area contributed by atoms with Crippen LogP contribution in [0.1, 0.15) is 17.4 Å². The van der Waals surface area contributed by atoms with Gasteiger partial charge in [-0.1, -0.05) is 18.2 Å². The molecule has 2 heterocycles.